The van der Waals surface area contributed by atoms with Crippen LogP contribution in [-0.4, -0.2) is 19.6 Å². The summed E-state index contributed by atoms with van der Waals surface area (Å²) >= 11 is 3.57. The summed E-state index contributed by atoms with van der Waals surface area (Å²) in [6.07, 6.45) is 4.78. The van der Waals surface area contributed by atoms with Crippen LogP contribution in [0.3, 0.4) is 0 Å². The number of hydrogen-bond donors (Lipinski definition) is 1. The van der Waals surface area contributed by atoms with Crippen LogP contribution in [-0.2, 0) is 6.42 Å². The molecule has 2 N–H and O–H groups in total. The first-order valence-corrected chi connectivity index (χ1v) is 7.64. The Hall–Kier alpha value is -0.540. The maximum absolute atomic E-state index is 6.10. The van der Waals surface area contributed by atoms with Crippen molar-refractivity contribution in [2.45, 2.75) is 38.6 Å². The molecule has 0 heterocycles. The summed E-state index contributed by atoms with van der Waals surface area (Å²) in [7, 11) is 2.20. The van der Waals surface area contributed by atoms with E-state index in [2.05, 4.69) is 53.0 Å². The first-order valence-electron chi connectivity index (χ1n) is 6.85. The second-order valence-corrected chi connectivity index (χ2v) is 6.39. The molecule has 1 aromatic carbocycles. The fraction of sp³-hybridized carbons (Fsp3) is 0.600. The van der Waals surface area contributed by atoms with Crippen LogP contribution >= 0.6 is 15.9 Å². The van der Waals surface area contributed by atoms with Crippen LogP contribution in [0.2, 0.25) is 0 Å². The van der Waals surface area contributed by atoms with E-state index in [1.165, 1.54) is 30.6 Å². The van der Waals surface area contributed by atoms with Crippen molar-refractivity contribution >= 4 is 21.6 Å². The molecule has 0 amide bonds. The minimum atomic E-state index is 0.263. The average molecular weight is 311 g/mol. The molecule has 0 saturated heterocycles. The lowest BCUT2D eigenvalue weighted by molar-refractivity contribution is 0.644. The van der Waals surface area contributed by atoms with Gasteiger partial charge < -0.3 is 10.6 Å². The highest BCUT2D eigenvalue weighted by Gasteiger charge is 2.24. The Kier molecular flexibility index (Phi) is 4.68. The van der Waals surface area contributed by atoms with Crippen LogP contribution in [0.1, 0.15) is 31.7 Å². The van der Waals surface area contributed by atoms with Crippen molar-refractivity contribution in [3.8, 4) is 0 Å². The molecule has 1 fully saturated rings. The molecule has 100 valence electrons. The molecule has 0 spiro atoms. The van der Waals surface area contributed by atoms with Crippen LogP contribution in [0, 0.1) is 5.92 Å². The fourth-order valence-electron chi connectivity index (χ4n) is 2.28. The van der Waals surface area contributed by atoms with E-state index < -0.39 is 0 Å². The molecule has 1 aromatic rings. The van der Waals surface area contributed by atoms with E-state index in [0.717, 1.165) is 23.2 Å². The first kappa shape index (κ1) is 13.9. The quantitative estimate of drug-likeness (QED) is 0.870. The maximum Gasteiger partial charge on any atom is 0.0408 e. The van der Waals surface area contributed by atoms with E-state index in [4.69, 9.17) is 5.73 Å². The monoisotopic (exact) mass is 310 g/mol. The van der Waals surface area contributed by atoms with Gasteiger partial charge >= 0.3 is 0 Å². The van der Waals surface area contributed by atoms with E-state index >= 15 is 0 Å². The molecular weight excluding hydrogens is 288 g/mol. The van der Waals surface area contributed by atoms with E-state index in [-0.39, 0.29) is 6.04 Å². The van der Waals surface area contributed by atoms with Crippen molar-refractivity contribution < 1.29 is 0 Å². The van der Waals surface area contributed by atoms with Crippen LogP contribution in [0.4, 0.5) is 5.69 Å². The second-order valence-electron chi connectivity index (χ2n) is 5.47. The molecule has 1 saturated carbocycles. The Bertz CT molecular complexity index is 401. The molecule has 0 bridgehead atoms. The molecule has 2 rings (SSSR count). The van der Waals surface area contributed by atoms with Gasteiger partial charge in [-0.15, -0.1) is 0 Å². The number of halogens is 1. The van der Waals surface area contributed by atoms with Gasteiger partial charge in [0, 0.05) is 29.8 Å². The summed E-state index contributed by atoms with van der Waals surface area (Å²) < 4.78 is 1.15. The zero-order chi connectivity index (χ0) is 13.1. The molecule has 0 radical (unpaired) electrons. The van der Waals surface area contributed by atoms with E-state index in [0.29, 0.717) is 0 Å². The molecule has 2 nitrogen and oxygen atoms in total. The van der Waals surface area contributed by atoms with Crippen molar-refractivity contribution in [2.24, 2.45) is 11.7 Å². The highest BCUT2D eigenvalue weighted by Crippen LogP contribution is 2.33. The SMILES string of the molecule is CCC(N)Cc1ccc(Br)cc1N(C)CC1CC1. The van der Waals surface area contributed by atoms with Gasteiger partial charge in [0.05, 0.1) is 0 Å². The Morgan fingerprint density at radius 2 is 2.17 bits per heavy atom. The Balaban J connectivity index is 2.15. The fourth-order valence-corrected chi connectivity index (χ4v) is 2.63. The molecule has 18 heavy (non-hydrogen) atoms. The maximum atomic E-state index is 6.10. The summed E-state index contributed by atoms with van der Waals surface area (Å²) in [5.41, 5.74) is 8.80. The lowest BCUT2D eigenvalue weighted by Gasteiger charge is -2.24. The van der Waals surface area contributed by atoms with Gasteiger partial charge in [0.2, 0.25) is 0 Å². The molecule has 1 aliphatic carbocycles. The number of rotatable bonds is 6. The number of hydrogen-bond acceptors (Lipinski definition) is 2. The van der Waals surface area contributed by atoms with Gasteiger partial charge in [0.25, 0.3) is 0 Å². The van der Waals surface area contributed by atoms with E-state index in [9.17, 15) is 0 Å². The average Bonchev–Trinajstić information content (AvgIpc) is 3.15. The van der Waals surface area contributed by atoms with E-state index in [1.807, 2.05) is 0 Å². The van der Waals surface area contributed by atoms with Crippen molar-refractivity contribution in [2.75, 3.05) is 18.5 Å². The Morgan fingerprint density at radius 1 is 1.44 bits per heavy atom. The van der Waals surface area contributed by atoms with Gasteiger partial charge in [-0.05, 0) is 49.3 Å². The molecule has 1 unspecified atom stereocenters. The summed E-state index contributed by atoms with van der Waals surface area (Å²) in [6.45, 7) is 3.32. The third-order valence-electron chi connectivity index (χ3n) is 3.69. The molecule has 1 aliphatic rings. The largest absolute Gasteiger partial charge is 0.374 e. The zero-order valence-electron chi connectivity index (χ0n) is 11.3. The lowest BCUT2D eigenvalue weighted by Crippen LogP contribution is -2.25. The van der Waals surface area contributed by atoms with Gasteiger partial charge in [-0.25, -0.2) is 0 Å². The summed E-state index contributed by atoms with van der Waals surface area (Å²) in [5.74, 6) is 0.904. The summed E-state index contributed by atoms with van der Waals surface area (Å²) in [5, 5.41) is 0. The summed E-state index contributed by atoms with van der Waals surface area (Å²) in [6, 6.07) is 6.81. The van der Waals surface area contributed by atoms with Gasteiger partial charge in [0.15, 0.2) is 0 Å². The predicted octanol–water partition coefficient (Wildman–Crippen LogP) is 3.58. The van der Waals surface area contributed by atoms with Crippen molar-refractivity contribution in [3.05, 3.63) is 28.2 Å². The molecule has 0 aromatic heterocycles. The van der Waals surface area contributed by atoms with Gasteiger partial charge in [-0.3, -0.25) is 0 Å². The second kappa shape index (κ2) is 6.07. The highest BCUT2D eigenvalue weighted by molar-refractivity contribution is 9.10. The predicted molar refractivity (Wildman–Crippen MR) is 82.1 cm³/mol. The third kappa shape index (κ3) is 3.72. The van der Waals surface area contributed by atoms with Crippen molar-refractivity contribution in [1.29, 1.82) is 0 Å². The molecule has 0 aliphatic heterocycles. The van der Waals surface area contributed by atoms with Crippen molar-refractivity contribution in [3.63, 3.8) is 0 Å². The number of nitrogens with zero attached hydrogens (tertiary/aromatic N) is 1. The summed E-state index contributed by atoms with van der Waals surface area (Å²) in [4.78, 5) is 2.39. The topological polar surface area (TPSA) is 29.3 Å². The number of benzene rings is 1. The Morgan fingerprint density at radius 3 is 2.78 bits per heavy atom. The lowest BCUT2D eigenvalue weighted by atomic mass is 10.0. The van der Waals surface area contributed by atoms with Gasteiger partial charge in [-0.1, -0.05) is 28.9 Å². The van der Waals surface area contributed by atoms with Gasteiger partial charge in [-0.2, -0.15) is 0 Å². The Labute approximate surface area is 119 Å². The standard InChI is InChI=1S/C15H23BrN2/c1-3-14(17)8-12-6-7-13(16)9-15(12)18(2)10-11-4-5-11/h6-7,9,11,14H,3-5,8,10,17H2,1-2H3. The zero-order valence-corrected chi connectivity index (χ0v) is 12.9. The van der Waals surface area contributed by atoms with Crippen LogP contribution in [0.15, 0.2) is 22.7 Å². The smallest absolute Gasteiger partial charge is 0.0408 e. The van der Waals surface area contributed by atoms with Gasteiger partial charge in [0.1, 0.15) is 0 Å². The number of nitrogens with two attached hydrogens (primary N) is 1. The van der Waals surface area contributed by atoms with Crippen LogP contribution < -0.4 is 10.6 Å². The normalized spacial score (nSPS) is 16.7. The minimum Gasteiger partial charge on any atom is -0.374 e. The molecule has 3 heteroatoms. The third-order valence-corrected chi connectivity index (χ3v) is 4.19. The molecule has 1 atom stereocenters. The highest BCUT2D eigenvalue weighted by atomic mass is 79.9. The minimum absolute atomic E-state index is 0.263. The van der Waals surface area contributed by atoms with E-state index in [1.54, 1.807) is 0 Å². The van der Waals surface area contributed by atoms with Crippen LogP contribution in [0.25, 0.3) is 0 Å². The number of anilines is 1. The van der Waals surface area contributed by atoms with Crippen molar-refractivity contribution in [1.82, 2.24) is 0 Å². The first-order chi connectivity index (χ1) is 8.60. The molecular formula is C15H23BrN2. The van der Waals surface area contributed by atoms with Crippen LogP contribution in [0.5, 0.6) is 0 Å².